The lowest BCUT2D eigenvalue weighted by molar-refractivity contribution is -0.274. The van der Waals surface area contributed by atoms with Crippen LogP contribution in [-0.2, 0) is 16.6 Å². The molecule has 0 amide bonds. The van der Waals surface area contributed by atoms with Gasteiger partial charge in [-0.3, -0.25) is 0 Å². The molecule has 130 valence electrons. The van der Waals surface area contributed by atoms with E-state index in [1.165, 1.54) is 37.4 Å². The van der Waals surface area contributed by atoms with E-state index in [-0.39, 0.29) is 17.0 Å². The third-order valence-corrected chi connectivity index (χ3v) is 5.39. The van der Waals surface area contributed by atoms with Crippen molar-refractivity contribution in [1.82, 2.24) is 4.31 Å². The summed E-state index contributed by atoms with van der Waals surface area (Å²) in [5.74, 6) is -0.429. The molecule has 0 atom stereocenters. The van der Waals surface area contributed by atoms with Gasteiger partial charge in [0.15, 0.2) is 0 Å². The minimum absolute atomic E-state index is 0.0357. The Labute approximate surface area is 146 Å². The highest BCUT2D eigenvalue weighted by atomic mass is 79.9. The van der Waals surface area contributed by atoms with Crippen LogP contribution in [0.25, 0.3) is 0 Å². The predicted octanol–water partition coefficient (Wildman–Crippen LogP) is 4.17. The van der Waals surface area contributed by atoms with Crippen LogP contribution in [0.15, 0.2) is 57.9 Å². The summed E-state index contributed by atoms with van der Waals surface area (Å²) in [5.41, 5.74) is 0.107. The van der Waals surface area contributed by atoms with Crippen molar-refractivity contribution in [2.75, 3.05) is 7.05 Å². The molecule has 24 heavy (non-hydrogen) atoms. The molecule has 2 aromatic carbocycles. The highest BCUT2D eigenvalue weighted by molar-refractivity contribution is 9.10. The second-order valence-electron chi connectivity index (χ2n) is 4.87. The maximum absolute atomic E-state index is 12.5. The summed E-state index contributed by atoms with van der Waals surface area (Å²) in [7, 11) is -2.56. The molecule has 2 rings (SSSR count). The Kier molecular flexibility index (Phi) is 5.56. The molecule has 4 nitrogen and oxygen atoms in total. The van der Waals surface area contributed by atoms with Crippen LogP contribution in [0.4, 0.5) is 13.2 Å². The first-order chi connectivity index (χ1) is 11.1. The standard InChI is InChI=1S/C15H13BrF3NO3S/c1-20(24(21,22)13-7-4-6-12(16)9-13)10-11-5-2-3-8-14(11)23-15(17,18)19/h2-9H,10H2,1H3. The Balaban J connectivity index is 2.28. The number of halogens is 4. The molecule has 0 aliphatic carbocycles. The first kappa shape index (κ1) is 18.8. The second kappa shape index (κ2) is 7.12. The fraction of sp³-hybridized carbons (Fsp3) is 0.200. The lowest BCUT2D eigenvalue weighted by Gasteiger charge is -2.19. The molecule has 0 radical (unpaired) electrons. The molecule has 0 aliphatic heterocycles. The maximum Gasteiger partial charge on any atom is 0.573 e. The Morgan fingerprint density at radius 3 is 2.42 bits per heavy atom. The van der Waals surface area contributed by atoms with Gasteiger partial charge in [-0.2, -0.15) is 4.31 Å². The van der Waals surface area contributed by atoms with Crippen molar-refractivity contribution in [2.45, 2.75) is 17.8 Å². The molecule has 0 unspecified atom stereocenters. The van der Waals surface area contributed by atoms with Crippen molar-refractivity contribution >= 4 is 26.0 Å². The van der Waals surface area contributed by atoms with E-state index in [0.717, 1.165) is 10.4 Å². The molecule has 0 fully saturated rings. The summed E-state index contributed by atoms with van der Waals surface area (Å²) in [6, 6.07) is 11.5. The van der Waals surface area contributed by atoms with Gasteiger partial charge in [-0.15, -0.1) is 13.2 Å². The van der Waals surface area contributed by atoms with Crippen LogP contribution in [-0.4, -0.2) is 26.1 Å². The smallest absolute Gasteiger partial charge is 0.405 e. The lowest BCUT2D eigenvalue weighted by Crippen LogP contribution is -2.27. The average molecular weight is 424 g/mol. The zero-order chi connectivity index (χ0) is 18.0. The second-order valence-corrected chi connectivity index (χ2v) is 7.83. The first-order valence-electron chi connectivity index (χ1n) is 6.65. The number of rotatable bonds is 5. The van der Waals surface area contributed by atoms with Crippen LogP contribution in [0.3, 0.4) is 0 Å². The third kappa shape index (κ3) is 4.71. The van der Waals surface area contributed by atoms with E-state index in [2.05, 4.69) is 20.7 Å². The van der Waals surface area contributed by atoms with Gasteiger partial charge in [0.25, 0.3) is 0 Å². The number of ether oxygens (including phenoxy) is 1. The summed E-state index contributed by atoms with van der Waals surface area (Å²) in [6.07, 6.45) is -4.85. The maximum atomic E-state index is 12.5. The van der Waals surface area contributed by atoms with Gasteiger partial charge in [-0.1, -0.05) is 40.2 Å². The minimum atomic E-state index is -4.85. The number of sulfonamides is 1. The van der Waals surface area contributed by atoms with Gasteiger partial charge in [0, 0.05) is 23.6 Å². The fourth-order valence-corrected chi connectivity index (χ4v) is 3.74. The Bertz CT molecular complexity index is 825. The molecule has 9 heteroatoms. The van der Waals surface area contributed by atoms with Crippen molar-refractivity contribution in [3.63, 3.8) is 0 Å². The van der Waals surface area contributed by atoms with Crippen molar-refractivity contribution in [3.8, 4) is 5.75 Å². The molecular formula is C15H13BrF3NO3S. The molecule has 2 aromatic rings. The van der Waals surface area contributed by atoms with E-state index in [9.17, 15) is 21.6 Å². The summed E-state index contributed by atoms with van der Waals surface area (Å²) >= 11 is 3.19. The van der Waals surface area contributed by atoms with Gasteiger partial charge < -0.3 is 4.74 Å². The molecule has 0 bridgehead atoms. The number of hydrogen-bond acceptors (Lipinski definition) is 3. The van der Waals surface area contributed by atoms with E-state index < -0.39 is 22.1 Å². The Morgan fingerprint density at radius 2 is 1.79 bits per heavy atom. The highest BCUT2D eigenvalue weighted by Crippen LogP contribution is 2.28. The van der Waals surface area contributed by atoms with Crippen LogP contribution in [0.2, 0.25) is 0 Å². The van der Waals surface area contributed by atoms with Gasteiger partial charge in [-0.25, -0.2) is 8.42 Å². The third-order valence-electron chi connectivity index (χ3n) is 3.10. The van der Waals surface area contributed by atoms with Gasteiger partial charge in [0.1, 0.15) is 5.75 Å². The molecular weight excluding hydrogens is 411 g/mol. The predicted molar refractivity (Wildman–Crippen MR) is 85.9 cm³/mol. The number of para-hydroxylation sites is 1. The van der Waals surface area contributed by atoms with Crippen LogP contribution in [0.1, 0.15) is 5.56 Å². The van der Waals surface area contributed by atoms with Crippen molar-refractivity contribution < 1.29 is 26.3 Å². The van der Waals surface area contributed by atoms with E-state index in [4.69, 9.17) is 0 Å². The van der Waals surface area contributed by atoms with E-state index in [1.54, 1.807) is 12.1 Å². The SMILES string of the molecule is CN(Cc1ccccc1OC(F)(F)F)S(=O)(=O)c1cccc(Br)c1. The molecule has 0 aromatic heterocycles. The quantitative estimate of drug-likeness (QED) is 0.724. The molecule has 0 spiro atoms. The van der Waals surface area contributed by atoms with Crippen molar-refractivity contribution in [3.05, 3.63) is 58.6 Å². The number of alkyl halides is 3. The number of nitrogens with zero attached hydrogens (tertiary/aromatic N) is 1. The molecule has 0 aliphatic rings. The van der Waals surface area contributed by atoms with Gasteiger partial charge >= 0.3 is 6.36 Å². The normalized spacial score (nSPS) is 12.4. The largest absolute Gasteiger partial charge is 0.573 e. The Morgan fingerprint density at radius 1 is 1.12 bits per heavy atom. The van der Waals surface area contributed by atoms with Crippen molar-refractivity contribution in [1.29, 1.82) is 0 Å². The zero-order valence-electron chi connectivity index (χ0n) is 12.4. The van der Waals surface area contributed by atoms with Gasteiger partial charge in [-0.05, 0) is 24.3 Å². The summed E-state index contributed by atoms with van der Waals surface area (Å²) in [5, 5.41) is 0. The molecule has 0 saturated heterocycles. The van der Waals surface area contributed by atoms with E-state index in [0.29, 0.717) is 4.47 Å². The first-order valence-corrected chi connectivity index (χ1v) is 8.88. The number of hydrogen-bond donors (Lipinski definition) is 0. The number of benzene rings is 2. The average Bonchev–Trinajstić information content (AvgIpc) is 2.47. The van der Waals surface area contributed by atoms with Crippen LogP contribution >= 0.6 is 15.9 Å². The van der Waals surface area contributed by atoms with Crippen LogP contribution in [0, 0.1) is 0 Å². The summed E-state index contributed by atoms with van der Waals surface area (Å²) in [6.45, 7) is -0.263. The van der Waals surface area contributed by atoms with Gasteiger partial charge in [0.05, 0.1) is 4.90 Å². The van der Waals surface area contributed by atoms with Crippen LogP contribution in [0.5, 0.6) is 5.75 Å². The highest BCUT2D eigenvalue weighted by Gasteiger charge is 2.32. The van der Waals surface area contributed by atoms with Crippen molar-refractivity contribution in [2.24, 2.45) is 0 Å². The Hall–Kier alpha value is -1.58. The topological polar surface area (TPSA) is 46.6 Å². The zero-order valence-corrected chi connectivity index (χ0v) is 14.8. The lowest BCUT2D eigenvalue weighted by atomic mass is 10.2. The molecule has 0 heterocycles. The molecule has 0 saturated carbocycles. The van der Waals surface area contributed by atoms with E-state index in [1.807, 2.05) is 0 Å². The van der Waals surface area contributed by atoms with Gasteiger partial charge in [0.2, 0.25) is 10.0 Å². The molecule has 0 N–H and O–H groups in total. The van der Waals surface area contributed by atoms with Crippen LogP contribution < -0.4 is 4.74 Å². The summed E-state index contributed by atoms with van der Waals surface area (Å²) in [4.78, 5) is 0.0357. The monoisotopic (exact) mass is 423 g/mol. The van der Waals surface area contributed by atoms with E-state index >= 15 is 0 Å². The summed E-state index contributed by atoms with van der Waals surface area (Å²) < 4.78 is 67.9. The minimum Gasteiger partial charge on any atom is -0.405 e. The fourth-order valence-electron chi connectivity index (χ4n) is 1.99.